The third kappa shape index (κ3) is 3.89. The molecular weight excluding hydrogens is 254 g/mol. The monoisotopic (exact) mass is 273 g/mol. The van der Waals surface area contributed by atoms with Gasteiger partial charge >= 0.3 is 0 Å². The van der Waals surface area contributed by atoms with Crippen molar-refractivity contribution < 1.29 is 4.79 Å². The van der Waals surface area contributed by atoms with Gasteiger partial charge < -0.3 is 10.2 Å². The molecule has 1 amide bonds. The molecule has 1 heterocycles. The lowest BCUT2D eigenvalue weighted by Gasteiger charge is -2.17. The molecule has 0 aliphatic heterocycles. The Hall–Kier alpha value is -2.21. The number of aromatic nitrogens is 3. The number of carbonyl (C=O) groups is 1. The second-order valence-corrected chi connectivity index (χ2v) is 4.67. The van der Waals surface area contributed by atoms with Crippen molar-refractivity contribution in [1.29, 1.82) is 0 Å². The van der Waals surface area contributed by atoms with Crippen molar-refractivity contribution >= 4 is 5.91 Å². The molecule has 0 aliphatic rings. The summed E-state index contributed by atoms with van der Waals surface area (Å²) in [5, 5.41) is 10.9. The van der Waals surface area contributed by atoms with Gasteiger partial charge in [0.05, 0.1) is 11.9 Å². The Balaban J connectivity index is 1.90. The first-order valence-electron chi connectivity index (χ1n) is 6.50. The van der Waals surface area contributed by atoms with Crippen molar-refractivity contribution in [2.45, 2.75) is 19.6 Å². The molecule has 0 saturated heterocycles. The van der Waals surface area contributed by atoms with Crippen LogP contribution in [0.25, 0.3) is 0 Å². The minimum absolute atomic E-state index is 0.00904. The molecule has 0 saturated carbocycles. The first-order valence-corrected chi connectivity index (χ1v) is 6.50. The van der Waals surface area contributed by atoms with Gasteiger partial charge in [0.1, 0.15) is 6.54 Å². The Morgan fingerprint density at radius 2 is 2.10 bits per heavy atom. The maximum Gasteiger partial charge on any atom is 0.244 e. The molecule has 2 aromatic rings. The van der Waals surface area contributed by atoms with E-state index in [9.17, 15) is 4.79 Å². The summed E-state index contributed by atoms with van der Waals surface area (Å²) in [5.41, 5.74) is 1.93. The van der Waals surface area contributed by atoms with Gasteiger partial charge in [-0.3, -0.25) is 4.79 Å². The largest absolute Gasteiger partial charge is 0.340 e. The molecule has 106 valence electrons. The maximum absolute atomic E-state index is 12.1. The summed E-state index contributed by atoms with van der Waals surface area (Å²) in [4.78, 5) is 13.8. The fraction of sp³-hybridized carbons (Fsp3) is 0.357. The molecule has 0 aliphatic carbocycles. The van der Waals surface area contributed by atoms with Crippen molar-refractivity contribution in [2.24, 2.45) is 0 Å². The fourth-order valence-corrected chi connectivity index (χ4v) is 1.88. The lowest BCUT2D eigenvalue weighted by molar-refractivity contribution is -0.131. The van der Waals surface area contributed by atoms with E-state index in [0.29, 0.717) is 13.1 Å². The normalized spacial score (nSPS) is 10.5. The van der Waals surface area contributed by atoms with Gasteiger partial charge in [-0.15, -0.1) is 5.10 Å². The zero-order chi connectivity index (χ0) is 14.4. The van der Waals surface area contributed by atoms with E-state index in [-0.39, 0.29) is 12.5 Å². The number of rotatable bonds is 6. The quantitative estimate of drug-likeness (QED) is 0.839. The summed E-state index contributed by atoms with van der Waals surface area (Å²) in [5.74, 6) is 0.00904. The number of hydrogen-bond donors (Lipinski definition) is 1. The summed E-state index contributed by atoms with van der Waals surface area (Å²) in [6, 6.07) is 9.91. The van der Waals surface area contributed by atoms with Gasteiger partial charge in [-0.2, -0.15) is 0 Å². The molecule has 0 spiro atoms. The first kappa shape index (κ1) is 14.2. The van der Waals surface area contributed by atoms with Gasteiger partial charge in [0, 0.05) is 20.1 Å². The maximum atomic E-state index is 12.1. The minimum atomic E-state index is 0.00904. The van der Waals surface area contributed by atoms with E-state index in [1.807, 2.05) is 37.4 Å². The van der Waals surface area contributed by atoms with Crippen LogP contribution >= 0.6 is 0 Å². The lowest BCUT2D eigenvalue weighted by atomic mass is 10.2. The van der Waals surface area contributed by atoms with Crippen molar-refractivity contribution in [3.63, 3.8) is 0 Å². The van der Waals surface area contributed by atoms with Crippen molar-refractivity contribution in [3.8, 4) is 0 Å². The molecule has 6 nitrogen and oxygen atoms in total. The summed E-state index contributed by atoms with van der Waals surface area (Å²) in [6.07, 6.45) is 1.78. The molecule has 0 unspecified atom stereocenters. The summed E-state index contributed by atoms with van der Waals surface area (Å²) < 4.78 is 1.57. The Morgan fingerprint density at radius 3 is 2.80 bits per heavy atom. The Morgan fingerprint density at radius 1 is 1.35 bits per heavy atom. The van der Waals surface area contributed by atoms with E-state index in [1.165, 1.54) is 0 Å². The predicted octanol–water partition coefficient (Wildman–Crippen LogP) is 0.656. The molecule has 2 rings (SSSR count). The van der Waals surface area contributed by atoms with Gasteiger partial charge in [-0.05, 0) is 12.6 Å². The average molecular weight is 273 g/mol. The number of hydrogen-bond acceptors (Lipinski definition) is 4. The number of nitrogens with zero attached hydrogens (tertiary/aromatic N) is 4. The molecule has 1 aromatic carbocycles. The average Bonchev–Trinajstić information content (AvgIpc) is 2.87. The Bertz CT molecular complexity index is 552. The van der Waals surface area contributed by atoms with Crippen molar-refractivity contribution in [1.82, 2.24) is 25.2 Å². The number of carbonyl (C=O) groups excluding carboxylic acids is 1. The molecule has 1 N–H and O–H groups in total. The van der Waals surface area contributed by atoms with Crippen LogP contribution in [0.2, 0.25) is 0 Å². The van der Waals surface area contributed by atoms with Crippen LogP contribution in [0.5, 0.6) is 0 Å². The topological polar surface area (TPSA) is 63.1 Å². The number of amides is 1. The molecule has 20 heavy (non-hydrogen) atoms. The van der Waals surface area contributed by atoms with E-state index < -0.39 is 0 Å². The smallest absolute Gasteiger partial charge is 0.244 e. The standard InChI is InChI=1S/C14H19N5O/c1-15-8-13-10-19(17-16-13)11-14(20)18(2)9-12-6-4-3-5-7-12/h3-7,10,15H,8-9,11H2,1-2H3. The zero-order valence-corrected chi connectivity index (χ0v) is 11.8. The van der Waals surface area contributed by atoms with Crippen molar-refractivity contribution in [2.75, 3.05) is 14.1 Å². The van der Waals surface area contributed by atoms with Crippen LogP contribution in [0.1, 0.15) is 11.3 Å². The molecule has 0 bridgehead atoms. The van der Waals surface area contributed by atoms with Gasteiger partial charge in [0.25, 0.3) is 0 Å². The number of nitrogens with one attached hydrogen (secondary N) is 1. The molecule has 1 aromatic heterocycles. The Labute approximate surface area is 118 Å². The van der Waals surface area contributed by atoms with Crippen LogP contribution in [0.15, 0.2) is 36.5 Å². The molecule has 0 radical (unpaired) electrons. The van der Waals surface area contributed by atoms with Crippen LogP contribution in [-0.4, -0.2) is 39.9 Å². The molecule has 6 heteroatoms. The number of likely N-dealkylation sites (N-methyl/N-ethyl adjacent to an activating group) is 1. The summed E-state index contributed by atoms with van der Waals surface area (Å²) >= 11 is 0. The van der Waals surface area contributed by atoms with E-state index >= 15 is 0 Å². The SMILES string of the molecule is CNCc1cn(CC(=O)N(C)Cc2ccccc2)nn1. The highest BCUT2D eigenvalue weighted by molar-refractivity contribution is 5.75. The summed E-state index contributed by atoms with van der Waals surface area (Å²) in [7, 11) is 3.64. The highest BCUT2D eigenvalue weighted by Gasteiger charge is 2.11. The zero-order valence-electron chi connectivity index (χ0n) is 11.8. The van der Waals surface area contributed by atoms with Gasteiger partial charge in [-0.25, -0.2) is 4.68 Å². The highest BCUT2D eigenvalue weighted by atomic mass is 16.2. The predicted molar refractivity (Wildman–Crippen MR) is 75.7 cm³/mol. The summed E-state index contributed by atoms with van der Waals surface area (Å²) in [6.45, 7) is 1.45. The van der Waals surface area contributed by atoms with Crippen LogP contribution in [0.4, 0.5) is 0 Å². The Kier molecular flexibility index (Phi) is 4.84. The molecule has 0 atom stereocenters. The highest BCUT2D eigenvalue weighted by Crippen LogP contribution is 2.03. The second kappa shape index (κ2) is 6.81. The fourth-order valence-electron chi connectivity index (χ4n) is 1.88. The van der Waals surface area contributed by atoms with Gasteiger partial charge in [0.2, 0.25) is 5.91 Å². The van der Waals surface area contributed by atoms with Crippen LogP contribution in [-0.2, 0) is 24.4 Å². The van der Waals surface area contributed by atoms with Crippen LogP contribution in [0.3, 0.4) is 0 Å². The van der Waals surface area contributed by atoms with E-state index in [1.54, 1.807) is 22.8 Å². The van der Waals surface area contributed by atoms with Crippen molar-refractivity contribution in [3.05, 3.63) is 47.8 Å². The molecule has 0 fully saturated rings. The van der Waals surface area contributed by atoms with E-state index in [0.717, 1.165) is 11.3 Å². The van der Waals surface area contributed by atoms with E-state index in [2.05, 4.69) is 15.6 Å². The lowest BCUT2D eigenvalue weighted by Crippen LogP contribution is -2.30. The van der Waals surface area contributed by atoms with Crippen LogP contribution in [0, 0.1) is 0 Å². The third-order valence-corrected chi connectivity index (χ3v) is 2.93. The third-order valence-electron chi connectivity index (χ3n) is 2.93. The second-order valence-electron chi connectivity index (χ2n) is 4.67. The first-order chi connectivity index (χ1) is 9.69. The van der Waals surface area contributed by atoms with Gasteiger partial charge in [-0.1, -0.05) is 35.5 Å². The minimum Gasteiger partial charge on any atom is -0.340 e. The molecular formula is C14H19N5O. The number of benzene rings is 1. The van der Waals surface area contributed by atoms with Gasteiger partial charge in [0.15, 0.2) is 0 Å². The van der Waals surface area contributed by atoms with E-state index in [4.69, 9.17) is 0 Å². The van der Waals surface area contributed by atoms with Crippen LogP contribution < -0.4 is 5.32 Å².